The van der Waals surface area contributed by atoms with E-state index in [0.29, 0.717) is 18.1 Å². The number of pyridine rings is 1. The monoisotopic (exact) mass is 328 g/mol. The number of amides is 1. The third kappa shape index (κ3) is 3.80. The maximum Gasteiger partial charge on any atom is 0.229 e. The van der Waals surface area contributed by atoms with Crippen LogP contribution in [0.2, 0.25) is 0 Å². The zero-order valence-electron chi connectivity index (χ0n) is 14.3. The van der Waals surface area contributed by atoms with E-state index in [0.717, 1.165) is 37.9 Å². The van der Waals surface area contributed by atoms with E-state index < -0.39 is 0 Å². The van der Waals surface area contributed by atoms with E-state index in [1.165, 1.54) is 0 Å². The summed E-state index contributed by atoms with van der Waals surface area (Å²) < 4.78 is 5.30. The van der Waals surface area contributed by atoms with Crippen LogP contribution in [0.15, 0.2) is 28.9 Å². The van der Waals surface area contributed by atoms with E-state index in [9.17, 15) is 4.79 Å². The Morgan fingerprint density at radius 3 is 3.00 bits per heavy atom. The van der Waals surface area contributed by atoms with E-state index in [1.807, 2.05) is 36.9 Å². The number of aryl methyl sites for hydroxylation is 1. The Balaban J connectivity index is 1.57. The Morgan fingerprint density at radius 1 is 1.42 bits per heavy atom. The summed E-state index contributed by atoms with van der Waals surface area (Å²) >= 11 is 0. The lowest BCUT2D eigenvalue weighted by Gasteiger charge is -2.22. The van der Waals surface area contributed by atoms with Crippen LogP contribution in [0.25, 0.3) is 0 Å². The SMILES string of the molecule is CC(C)c1nc(C2CCCN2C(=O)CCCc2ccccn2)no1. The van der Waals surface area contributed by atoms with E-state index in [2.05, 4.69) is 15.1 Å². The molecule has 0 bridgehead atoms. The molecule has 1 saturated heterocycles. The lowest BCUT2D eigenvalue weighted by molar-refractivity contribution is -0.132. The molecule has 6 nitrogen and oxygen atoms in total. The number of nitrogens with zero attached hydrogens (tertiary/aromatic N) is 4. The number of rotatable bonds is 6. The molecule has 3 heterocycles. The van der Waals surface area contributed by atoms with Gasteiger partial charge in [-0.15, -0.1) is 0 Å². The normalized spacial score (nSPS) is 17.6. The van der Waals surface area contributed by atoms with Crippen LogP contribution in [0.1, 0.15) is 68.9 Å². The molecule has 1 fully saturated rings. The van der Waals surface area contributed by atoms with Crippen molar-refractivity contribution in [2.45, 2.75) is 57.9 Å². The lowest BCUT2D eigenvalue weighted by atomic mass is 10.1. The van der Waals surface area contributed by atoms with Gasteiger partial charge in [0.15, 0.2) is 5.82 Å². The first kappa shape index (κ1) is 16.6. The number of hydrogen-bond acceptors (Lipinski definition) is 5. The molecule has 2 aromatic rings. The topological polar surface area (TPSA) is 72.1 Å². The Hall–Kier alpha value is -2.24. The number of hydrogen-bond donors (Lipinski definition) is 0. The van der Waals surface area contributed by atoms with Crippen molar-refractivity contribution < 1.29 is 9.32 Å². The molecule has 0 aromatic carbocycles. The average Bonchev–Trinajstić information content (AvgIpc) is 3.24. The predicted molar refractivity (Wildman–Crippen MR) is 89.3 cm³/mol. The van der Waals surface area contributed by atoms with Gasteiger partial charge >= 0.3 is 0 Å². The second-order valence-electron chi connectivity index (χ2n) is 6.57. The highest BCUT2D eigenvalue weighted by Crippen LogP contribution is 2.31. The molecule has 1 unspecified atom stereocenters. The van der Waals surface area contributed by atoms with Gasteiger partial charge in [-0.2, -0.15) is 4.98 Å². The van der Waals surface area contributed by atoms with Crippen LogP contribution < -0.4 is 0 Å². The van der Waals surface area contributed by atoms with Crippen molar-refractivity contribution in [3.63, 3.8) is 0 Å². The van der Waals surface area contributed by atoms with Crippen LogP contribution in [-0.2, 0) is 11.2 Å². The average molecular weight is 328 g/mol. The maximum absolute atomic E-state index is 12.6. The maximum atomic E-state index is 12.6. The van der Waals surface area contributed by atoms with Crippen LogP contribution in [-0.4, -0.2) is 32.5 Å². The fourth-order valence-electron chi connectivity index (χ4n) is 3.06. The highest BCUT2D eigenvalue weighted by molar-refractivity contribution is 5.76. The molecule has 3 rings (SSSR count). The summed E-state index contributed by atoms with van der Waals surface area (Å²) in [6.45, 7) is 4.82. The highest BCUT2D eigenvalue weighted by Gasteiger charge is 2.33. The largest absolute Gasteiger partial charge is 0.339 e. The van der Waals surface area contributed by atoms with E-state index >= 15 is 0 Å². The zero-order valence-corrected chi connectivity index (χ0v) is 14.3. The molecule has 2 aromatic heterocycles. The van der Waals surface area contributed by atoms with Gasteiger partial charge in [-0.3, -0.25) is 9.78 Å². The molecule has 1 amide bonds. The van der Waals surface area contributed by atoms with Crippen molar-refractivity contribution in [3.05, 3.63) is 41.8 Å². The third-order valence-electron chi connectivity index (χ3n) is 4.37. The molecule has 128 valence electrons. The van der Waals surface area contributed by atoms with Gasteiger partial charge in [0.1, 0.15) is 0 Å². The number of aromatic nitrogens is 3. The predicted octanol–water partition coefficient (Wildman–Crippen LogP) is 3.27. The minimum atomic E-state index is -0.0383. The van der Waals surface area contributed by atoms with Gasteiger partial charge in [0, 0.05) is 30.8 Å². The lowest BCUT2D eigenvalue weighted by Crippen LogP contribution is -2.31. The molecule has 6 heteroatoms. The van der Waals surface area contributed by atoms with Crippen LogP contribution >= 0.6 is 0 Å². The standard InChI is InChI=1S/C18H24N4O2/c1-13(2)18-20-17(21-24-18)15-9-6-12-22(15)16(23)10-5-8-14-7-3-4-11-19-14/h3-4,7,11,13,15H,5-6,8-10,12H2,1-2H3. The molecule has 1 atom stereocenters. The molecule has 0 radical (unpaired) electrons. The molecule has 0 N–H and O–H groups in total. The van der Waals surface area contributed by atoms with Gasteiger partial charge in [0.25, 0.3) is 0 Å². The number of carbonyl (C=O) groups is 1. The van der Waals surface area contributed by atoms with Gasteiger partial charge in [0.05, 0.1) is 6.04 Å². The van der Waals surface area contributed by atoms with Gasteiger partial charge in [-0.05, 0) is 37.8 Å². The van der Waals surface area contributed by atoms with Crippen molar-refractivity contribution >= 4 is 5.91 Å². The van der Waals surface area contributed by atoms with Gasteiger partial charge in [-0.1, -0.05) is 25.1 Å². The number of likely N-dealkylation sites (tertiary alicyclic amines) is 1. The Morgan fingerprint density at radius 2 is 2.29 bits per heavy atom. The van der Waals surface area contributed by atoms with Gasteiger partial charge < -0.3 is 9.42 Å². The first-order valence-corrected chi connectivity index (χ1v) is 8.68. The smallest absolute Gasteiger partial charge is 0.229 e. The molecular weight excluding hydrogens is 304 g/mol. The first-order valence-electron chi connectivity index (χ1n) is 8.68. The highest BCUT2D eigenvalue weighted by atomic mass is 16.5. The summed E-state index contributed by atoms with van der Waals surface area (Å²) in [6.07, 6.45) is 5.84. The quantitative estimate of drug-likeness (QED) is 0.814. The fraction of sp³-hybridized carbons (Fsp3) is 0.556. The Kier molecular flexibility index (Phi) is 5.23. The Bertz CT molecular complexity index is 669. The minimum absolute atomic E-state index is 0.0383. The molecular formula is C18H24N4O2. The third-order valence-corrected chi connectivity index (χ3v) is 4.37. The van der Waals surface area contributed by atoms with E-state index in [1.54, 1.807) is 6.20 Å². The van der Waals surface area contributed by atoms with Gasteiger partial charge in [0.2, 0.25) is 11.8 Å². The number of carbonyl (C=O) groups excluding carboxylic acids is 1. The summed E-state index contributed by atoms with van der Waals surface area (Å²) in [5.41, 5.74) is 1.03. The van der Waals surface area contributed by atoms with Crippen molar-refractivity contribution in [2.75, 3.05) is 6.54 Å². The second-order valence-corrected chi connectivity index (χ2v) is 6.57. The van der Waals surface area contributed by atoms with Gasteiger partial charge in [-0.25, -0.2) is 0 Å². The summed E-state index contributed by atoms with van der Waals surface area (Å²) in [5.74, 6) is 1.66. The van der Waals surface area contributed by atoms with E-state index in [-0.39, 0.29) is 17.9 Å². The summed E-state index contributed by atoms with van der Waals surface area (Å²) in [4.78, 5) is 23.3. The van der Waals surface area contributed by atoms with Crippen LogP contribution in [0.4, 0.5) is 0 Å². The summed E-state index contributed by atoms with van der Waals surface area (Å²) in [5, 5.41) is 4.09. The molecule has 0 spiro atoms. The Labute approximate surface area is 142 Å². The van der Waals surface area contributed by atoms with Crippen LogP contribution in [0, 0.1) is 0 Å². The first-order chi connectivity index (χ1) is 11.6. The molecule has 1 aliphatic rings. The van der Waals surface area contributed by atoms with E-state index in [4.69, 9.17) is 4.52 Å². The second kappa shape index (κ2) is 7.55. The van der Waals surface area contributed by atoms with Crippen LogP contribution in [0.5, 0.6) is 0 Å². The fourth-order valence-corrected chi connectivity index (χ4v) is 3.06. The van der Waals surface area contributed by atoms with Crippen molar-refractivity contribution in [2.24, 2.45) is 0 Å². The van der Waals surface area contributed by atoms with Crippen molar-refractivity contribution in [1.29, 1.82) is 0 Å². The zero-order chi connectivity index (χ0) is 16.9. The summed E-state index contributed by atoms with van der Waals surface area (Å²) in [6, 6.07) is 5.84. The molecule has 24 heavy (non-hydrogen) atoms. The molecule has 0 aliphatic carbocycles. The summed E-state index contributed by atoms with van der Waals surface area (Å²) in [7, 11) is 0. The minimum Gasteiger partial charge on any atom is -0.339 e. The molecule has 0 saturated carbocycles. The van der Waals surface area contributed by atoms with Crippen molar-refractivity contribution in [1.82, 2.24) is 20.0 Å². The molecule has 1 aliphatic heterocycles. The van der Waals surface area contributed by atoms with Crippen molar-refractivity contribution in [3.8, 4) is 0 Å². The van der Waals surface area contributed by atoms with Crippen LogP contribution in [0.3, 0.4) is 0 Å².